The molecule has 1 aromatic heterocycles. The first-order valence-electron chi connectivity index (χ1n) is 8.55. The number of rotatable bonds is 4. The molecule has 5 nitrogen and oxygen atoms in total. The van der Waals surface area contributed by atoms with Gasteiger partial charge in [-0.2, -0.15) is 0 Å². The van der Waals surface area contributed by atoms with Crippen molar-refractivity contribution in [3.05, 3.63) is 69.6 Å². The van der Waals surface area contributed by atoms with Gasteiger partial charge >= 0.3 is 5.97 Å². The van der Waals surface area contributed by atoms with Crippen molar-refractivity contribution in [1.29, 1.82) is 0 Å². The summed E-state index contributed by atoms with van der Waals surface area (Å²) in [4.78, 5) is 28.8. The van der Waals surface area contributed by atoms with E-state index in [0.29, 0.717) is 27.3 Å². The molecular formula is C21H18ClFN2O3. The highest BCUT2D eigenvalue weighted by Gasteiger charge is 2.16. The number of amides is 1. The molecule has 7 heteroatoms. The molecule has 28 heavy (non-hydrogen) atoms. The van der Waals surface area contributed by atoms with E-state index in [4.69, 9.17) is 16.3 Å². The first-order valence-corrected chi connectivity index (χ1v) is 8.93. The lowest BCUT2D eigenvalue weighted by atomic mass is 10.1. The Hall–Kier alpha value is -2.99. The minimum Gasteiger partial charge on any atom is -0.452 e. The Kier molecular flexibility index (Phi) is 5.61. The number of pyridine rings is 1. The first kappa shape index (κ1) is 19.8. The molecule has 0 aliphatic carbocycles. The maximum absolute atomic E-state index is 13.3. The van der Waals surface area contributed by atoms with Gasteiger partial charge in [0.1, 0.15) is 5.82 Å². The lowest BCUT2D eigenvalue weighted by Gasteiger charge is -2.12. The van der Waals surface area contributed by atoms with E-state index >= 15 is 0 Å². The van der Waals surface area contributed by atoms with Crippen LogP contribution in [0.3, 0.4) is 0 Å². The van der Waals surface area contributed by atoms with Gasteiger partial charge in [-0.05, 0) is 56.2 Å². The van der Waals surface area contributed by atoms with Gasteiger partial charge in [-0.3, -0.25) is 9.78 Å². The molecule has 0 aliphatic rings. The van der Waals surface area contributed by atoms with Crippen LogP contribution in [0.1, 0.15) is 27.2 Å². The molecule has 0 aliphatic heterocycles. The number of hydrogen-bond acceptors (Lipinski definition) is 4. The number of aryl methyl sites for hydroxylation is 3. The Morgan fingerprint density at radius 3 is 2.61 bits per heavy atom. The average molecular weight is 401 g/mol. The standard InChI is InChI=1S/C21H18ClFN2O3/c1-11-6-12(2)20(17(22)7-11)25-19(26)10-28-21(27)16-8-14-4-5-15(23)9-18(14)24-13(16)3/h4-9H,10H2,1-3H3,(H,25,26). The average Bonchev–Trinajstić information content (AvgIpc) is 2.62. The number of ether oxygens (including phenoxy) is 1. The highest BCUT2D eigenvalue weighted by atomic mass is 35.5. The summed E-state index contributed by atoms with van der Waals surface area (Å²) in [5.41, 5.74) is 3.32. The highest BCUT2D eigenvalue weighted by Crippen LogP contribution is 2.27. The van der Waals surface area contributed by atoms with Crippen LogP contribution >= 0.6 is 11.6 Å². The second-order valence-corrected chi connectivity index (χ2v) is 6.93. The van der Waals surface area contributed by atoms with Crippen LogP contribution in [0.25, 0.3) is 10.9 Å². The van der Waals surface area contributed by atoms with Crippen LogP contribution in [0.15, 0.2) is 36.4 Å². The molecule has 1 heterocycles. The first-order chi connectivity index (χ1) is 13.2. The van der Waals surface area contributed by atoms with Crippen LogP contribution < -0.4 is 5.32 Å². The van der Waals surface area contributed by atoms with Crippen LogP contribution in [0.4, 0.5) is 10.1 Å². The van der Waals surface area contributed by atoms with Gasteiger partial charge < -0.3 is 10.1 Å². The van der Waals surface area contributed by atoms with Gasteiger partial charge in [0.05, 0.1) is 27.5 Å². The van der Waals surface area contributed by atoms with Crippen molar-refractivity contribution in [2.45, 2.75) is 20.8 Å². The summed E-state index contributed by atoms with van der Waals surface area (Å²) in [5.74, 6) is -1.59. The third kappa shape index (κ3) is 4.28. The minimum absolute atomic E-state index is 0.219. The van der Waals surface area contributed by atoms with Gasteiger partial charge in [-0.15, -0.1) is 0 Å². The van der Waals surface area contributed by atoms with Gasteiger partial charge in [-0.1, -0.05) is 17.7 Å². The van der Waals surface area contributed by atoms with E-state index in [9.17, 15) is 14.0 Å². The number of fused-ring (bicyclic) bond motifs is 1. The van der Waals surface area contributed by atoms with E-state index < -0.39 is 24.3 Å². The second kappa shape index (κ2) is 7.94. The number of benzene rings is 2. The fourth-order valence-electron chi connectivity index (χ4n) is 2.90. The molecular weight excluding hydrogens is 383 g/mol. The van der Waals surface area contributed by atoms with Crippen LogP contribution in [0.5, 0.6) is 0 Å². The summed E-state index contributed by atoms with van der Waals surface area (Å²) in [5, 5.41) is 3.68. The second-order valence-electron chi connectivity index (χ2n) is 6.52. The molecule has 0 spiro atoms. The number of nitrogens with one attached hydrogen (secondary N) is 1. The summed E-state index contributed by atoms with van der Waals surface area (Å²) in [7, 11) is 0. The molecule has 144 valence electrons. The van der Waals surface area contributed by atoms with Crippen molar-refractivity contribution < 1.29 is 18.7 Å². The lowest BCUT2D eigenvalue weighted by Crippen LogP contribution is -2.22. The van der Waals surface area contributed by atoms with Gasteiger partial charge in [-0.25, -0.2) is 9.18 Å². The quantitative estimate of drug-likeness (QED) is 0.642. The number of hydrogen-bond donors (Lipinski definition) is 1. The number of nitrogens with zero attached hydrogens (tertiary/aromatic N) is 1. The molecule has 0 radical (unpaired) electrons. The minimum atomic E-state index is -0.682. The summed E-state index contributed by atoms with van der Waals surface area (Å²) >= 11 is 6.17. The summed E-state index contributed by atoms with van der Waals surface area (Å²) in [6, 6.07) is 9.30. The molecule has 1 N–H and O–H groups in total. The summed E-state index contributed by atoms with van der Waals surface area (Å²) in [6.45, 7) is 4.88. The van der Waals surface area contributed by atoms with Crippen molar-refractivity contribution in [1.82, 2.24) is 4.98 Å². The smallest absolute Gasteiger partial charge is 0.340 e. The fourth-order valence-corrected chi connectivity index (χ4v) is 3.27. The zero-order valence-corrected chi connectivity index (χ0v) is 16.4. The molecule has 0 fully saturated rings. The number of aromatic nitrogens is 1. The van der Waals surface area contributed by atoms with Gasteiger partial charge in [0.15, 0.2) is 6.61 Å². The molecule has 1 amide bonds. The number of carbonyl (C=O) groups is 2. The predicted octanol–water partition coefficient (Wildman–Crippen LogP) is 4.75. The monoisotopic (exact) mass is 400 g/mol. The van der Waals surface area contributed by atoms with E-state index in [1.54, 1.807) is 19.1 Å². The van der Waals surface area contributed by atoms with E-state index in [1.165, 1.54) is 18.2 Å². The maximum Gasteiger partial charge on any atom is 0.340 e. The molecule has 3 rings (SSSR count). The van der Waals surface area contributed by atoms with E-state index in [1.807, 2.05) is 19.9 Å². The topological polar surface area (TPSA) is 68.3 Å². The third-order valence-corrected chi connectivity index (χ3v) is 4.52. The Labute approximate surface area is 166 Å². The van der Waals surface area contributed by atoms with E-state index in [0.717, 1.165) is 11.1 Å². The van der Waals surface area contributed by atoms with E-state index in [2.05, 4.69) is 10.3 Å². The number of carbonyl (C=O) groups excluding carboxylic acids is 2. The van der Waals surface area contributed by atoms with Gasteiger partial charge in [0.2, 0.25) is 0 Å². The Morgan fingerprint density at radius 2 is 1.89 bits per heavy atom. The van der Waals surface area contributed by atoms with Crippen molar-refractivity contribution in [3.63, 3.8) is 0 Å². The van der Waals surface area contributed by atoms with Crippen LogP contribution in [0.2, 0.25) is 5.02 Å². The Bertz CT molecular complexity index is 1080. The Morgan fingerprint density at radius 1 is 1.14 bits per heavy atom. The molecule has 3 aromatic rings. The SMILES string of the molecule is Cc1cc(C)c(NC(=O)COC(=O)c2cc3ccc(F)cc3nc2C)c(Cl)c1. The van der Waals surface area contributed by atoms with Crippen molar-refractivity contribution in [2.24, 2.45) is 0 Å². The molecule has 0 unspecified atom stereocenters. The van der Waals surface area contributed by atoms with Crippen molar-refractivity contribution in [2.75, 3.05) is 11.9 Å². The molecule has 2 aromatic carbocycles. The molecule has 0 bridgehead atoms. The number of anilines is 1. The zero-order chi connectivity index (χ0) is 20.4. The van der Waals surface area contributed by atoms with Crippen LogP contribution in [-0.2, 0) is 9.53 Å². The zero-order valence-electron chi connectivity index (χ0n) is 15.6. The molecule has 0 saturated carbocycles. The molecule has 0 saturated heterocycles. The predicted molar refractivity (Wildman–Crippen MR) is 106 cm³/mol. The van der Waals surface area contributed by atoms with Gasteiger partial charge in [0.25, 0.3) is 5.91 Å². The molecule has 0 atom stereocenters. The Balaban J connectivity index is 1.70. The normalized spacial score (nSPS) is 10.8. The summed E-state index contributed by atoms with van der Waals surface area (Å²) < 4.78 is 18.4. The van der Waals surface area contributed by atoms with Crippen LogP contribution in [-0.4, -0.2) is 23.5 Å². The third-order valence-electron chi connectivity index (χ3n) is 4.22. The maximum atomic E-state index is 13.3. The number of halogens is 2. The largest absolute Gasteiger partial charge is 0.452 e. The summed E-state index contributed by atoms with van der Waals surface area (Å²) in [6.07, 6.45) is 0. The lowest BCUT2D eigenvalue weighted by molar-refractivity contribution is -0.119. The van der Waals surface area contributed by atoms with Crippen molar-refractivity contribution in [3.8, 4) is 0 Å². The van der Waals surface area contributed by atoms with Crippen LogP contribution in [0, 0.1) is 26.6 Å². The fraction of sp³-hybridized carbons (Fsp3) is 0.190. The van der Waals surface area contributed by atoms with E-state index in [-0.39, 0.29) is 5.56 Å². The van der Waals surface area contributed by atoms with Crippen molar-refractivity contribution >= 4 is 40.1 Å². The highest BCUT2D eigenvalue weighted by molar-refractivity contribution is 6.34. The van der Waals surface area contributed by atoms with Gasteiger partial charge in [0, 0.05) is 11.5 Å². The number of esters is 1.